The van der Waals surface area contributed by atoms with Gasteiger partial charge in [0.1, 0.15) is 0 Å². The van der Waals surface area contributed by atoms with Crippen molar-refractivity contribution in [3.05, 3.63) is 32.5 Å². The Morgan fingerprint density at radius 2 is 2.17 bits per heavy atom. The fourth-order valence-electron chi connectivity index (χ4n) is 1.35. The van der Waals surface area contributed by atoms with Gasteiger partial charge in [0.2, 0.25) is 0 Å². The van der Waals surface area contributed by atoms with Crippen LogP contribution in [0.15, 0.2) is 22.1 Å². The molecule has 8 heteroatoms. The number of nitrogens with zero attached hydrogens (tertiary/aromatic N) is 1. The van der Waals surface area contributed by atoms with Crippen LogP contribution in [0.25, 0.3) is 10.9 Å². The molecule has 0 aliphatic heterocycles. The maximum Gasteiger partial charge on any atom is 0.313 e. The number of carboxylic acid groups (broad SMARTS) is 1. The van der Waals surface area contributed by atoms with Gasteiger partial charge in [-0.05, 0) is 12.1 Å². The number of benzene rings is 1. The molecule has 5 nitrogen and oxygen atoms in total. The van der Waals surface area contributed by atoms with Crippen molar-refractivity contribution in [3.8, 4) is 0 Å². The summed E-state index contributed by atoms with van der Waals surface area (Å²) in [5.41, 5.74) is -0.102. The first-order valence-electron chi connectivity index (χ1n) is 4.71. The Morgan fingerprint density at radius 1 is 1.44 bits per heavy atom. The number of hydrogen-bond acceptors (Lipinski definition) is 4. The number of H-pyrrole nitrogens is 1. The van der Waals surface area contributed by atoms with Crippen LogP contribution in [0.3, 0.4) is 0 Å². The molecular formula is C10H6Cl2N2O3S. The van der Waals surface area contributed by atoms with Crippen molar-refractivity contribution < 1.29 is 9.90 Å². The number of thioether (sulfide) groups is 1. The molecule has 1 heterocycles. The predicted octanol–water partition coefficient (Wildman–Crippen LogP) is 2.41. The maximum atomic E-state index is 11.8. The quantitative estimate of drug-likeness (QED) is 0.672. The molecule has 0 fully saturated rings. The van der Waals surface area contributed by atoms with Crippen LogP contribution >= 0.6 is 35.0 Å². The van der Waals surface area contributed by atoms with Crippen molar-refractivity contribution in [2.75, 3.05) is 5.75 Å². The molecular weight excluding hydrogens is 299 g/mol. The average molecular weight is 305 g/mol. The molecule has 0 spiro atoms. The molecule has 2 aromatic rings. The van der Waals surface area contributed by atoms with Gasteiger partial charge in [-0.1, -0.05) is 35.0 Å². The van der Waals surface area contributed by atoms with Gasteiger partial charge in [0.25, 0.3) is 5.56 Å². The molecule has 0 radical (unpaired) electrons. The van der Waals surface area contributed by atoms with Crippen LogP contribution < -0.4 is 5.56 Å². The minimum atomic E-state index is -0.995. The lowest BCUT2D eigenvalue weighted by Crippen LogP contribution is -2.10. The summed E-state index contributed by atoms with van der Waals surface area (Å²) in [4.78, 5) is 28.8. The van der Waals surface area contributed by atoms with Crippen molar-refractivity contribution in [2.24, 2.45) is 0 Å². The van der Waals surface area contributed by atoms with Gasteiger partial charge in [-0.25, -0.2) is 4.98 Å². The van der Waals surface area contributed by atoms with E-state index < -0.39 is 11.5 Å². The fraction of sp³-hybridized carbons (Fsp3) is 0.100. The zero-order valence-corrected chi connectivity index (χ0v) is 11.1. The number of hydrogen-bond donors (Lipinski definition) is 2. The van der Waals surface area contributed by atoms with E-state index in [-0.39, 0.29) is 21.3 Å². The van der Waals surface area contributed by atoms with Crippen LogP contribution in [0.5, 0.6) is 0 Å². The van der Waals surface area contributed by atoms with Gasteiger partial charge in [0, 0.05) is 5.02 Å². The number of aliphatic carboxylic acids is 1. The second-order valence-corrected chi connectivity index (χ2v) is 5.14. The number of fused-ring (bicyclic) bond motifs is 1. The normalized spacial score (nSPS) is 10.8. The first kappa shape index (κ1) is 13.2. The molecule has 0 aliphatic carbocycles. The highest BCUT2D eigenvalue weighted by atomic mass is 35.5. The molecule has 2 rings (SSSR count). The summed E-state index contributed by atoms with van der Waals surface area (Å²) >= 11 is 12.6. The minimum Gasteiger partial charge on any atom is -0.481 e. The summed E-state index contributed by atoms with van der Waals surface area (Å²) in [6.07, 6.45) is 0. The van der Waals surface area contributed by atoms with Crippen LogP contribution in [0.4, 0.5) is 0 Å². The van der Waals surface area contributed by atoms with E-state index in [4.69, 9.17) is 28.3 Å². The molecule has 1 aromatic heterocycles. The van der Waals surface area contributed by atoms with Crippen molar-refractivity contribution in [1.29, 1.82) is 0 Å². The minimum absolute atomic E-state index is 0.195. The highest BCUT2D eigenvalue weighted by molar-refractivity contribution is 7.99. The molecule has 1 aromatic carbocycles. The highest BCUT2D eigenvalue weighted by Crippen LogP contribution is 2.25. The largest absolute Gasteiger partial charge is 0.481 e. The Hall–Kier alpha value is -1.24. The van der Waals surface area contributed by atoms with E-state index >= 15 is 0 Å². The van der Waals surface area contributed by atoms with E-state index in [0.29, 0.717) is 10.5 Å². The van der Waals surface area contributed by atoms with Crippen LogP contribution in [0.1, 0.15) is 0 Å². The number of halogens is 2. The first-order valence-corrected chi connectivity index (χ1v) is 6.45. The lowest BCUT2D eigenvalue weighted by Gasteiger charge is -2.03. The number of rotatable bonds is 3. The third-order valence-electron chi connectivity index (χ3n) is 2.04. The van der Waals surface area contributed by atoms with E-state index in [2.05, 4.69) is 9.97 Å². The third kappa shape index (κ3) is 2.77. The standard InChI is InChI=1S/C10H6Cl2N2O3S/c11-4-1-5-8(6(12)2-4)13-10(14-9(5)17)18-3-7(15)16/h1-2H,3H2,(H,15,16)(H,13,14,17). The maximum absolute atomic E-state index is 11.8. The van der Waals surface area contributed by atoms with Crippen LogP contribution in [-0.4, -0.2) is 26.8 Å². The number of carboxylic acids is 1. The Balaban J connectivity index is 2.55. The zero-order valence-electron chi connectivity index (χ0n) is 8.74. The molecule has 0 saturated heterocycles. The molecule has 0 atom stereocenters. The number of nitrogens with one attached hydrogen (secondary N) is 1. The fourth-order valence-corrected chi connectivity index (χ4v) is 2.46. The van der Waals surface area contributed by atoms with Crippen molar-refractivity contribution in [2.45, 2.75) is 5.16 Å². The molecule has 18 heavy (non-hydrogen) atoms. The van der Waals surface area contributed by atoms with E-state index in [1.54, 1.807) is 0 Å². The van der Waals surface area contributed by atoms with Gasteiger partial charge < -0.3 is 10.1 Å². The third-order valence-corrected chi connectivity index (χ3v) is 3.40. The molecule has 0 saturated carbocycles. The van der Waals surface area contributed by atoms with E-state index in [9.17, 15) is 9.59 Å². The number of aromatic nitrogens is 2. The van der Waals surface area contributed by atoms with Gasteiger partial charge in [-0.2, -0.15) is 0 Å². The second kappa shape index (κ2) is 5.17. The summed E-state index contributed by atoms with van der Waals surface area (Å²) in [7, 11) is 0. The zero-order chi connectivity index (χ0) is 13.3. The van der Waals surface area contributed by atoms with Gasteiger partial charge in [-0.15, -0.1) is 0 Å². The second-order valence-electron chi connectivity index (χ2n) is 3.34. The lowest BCUT2D eigenvalue weighted by atomic mass is 10.2. The summed E-state index contributed by atoms with van der Waals surface area (Å²) in [6.45, 7) is 0. The lowest BCUT2D eigenvalue weighted by molar-refractivity contribution is -0.133. The Kier molecular flexibility index (Phi) is 3.79. The Bertz CT molecular complexity index is 687. The van der Waals surface area contributed by atoms with Crippen molar-refractivity contribution in [1.82, 2.24) is 9.97 Å². The van der Waals surface area contributed by atoms with Crippen molar-refractivity contribution in [3.63, 3.8) is 0 Å². The smallest absolute Gasteiger partial charge is 0.313 e. The number of aromatic amines is 1. The van der Waals surface area contributed by atoms with Crippen LogP contribution in [0, 0.1) is 0 Å². The van der Waals surface area contributed by atoms with Gasteiger partial charge in [0.15, 0.2) is 5.16 Å². The highest BCUT2D eigenvalue weighted by Gasteiger charge is 2.10. The molecule has 0 unspecified atom stereocenters. The molecule has 0 bridgehead atoms. The van der Waals surface area contributed by atoms with Crippen LogP contribution in [-0.2, 0) is 4.79 Å². The van der Waals surface area contributed by atoms with E-state index in [1.807, 2.05) is 0 Å². The van der Waals surface area contributed by atoms with Gasteiger partial charge in [-0.3, -0.25) is 9.59 Å². The first-order chi connectivity index (χ1) is 8.47. The Labute approximate surface area is 115 Å². The van der Waals surface area contributed by atoms with Crippen molar-refractivity contribution >= 4 is 51.8 Å². The molecule has 0 aliphatic rings. The summed E-state index contributed by atoms with van der Waals surface area (Å²) in [5, 5.41) is 9.63. The van der Waals surface area contributed by atoms with Crippen LogP contribution in [0.2, 0.25) is 10.0 Å². The SMILES string of the molecule is O=C(O)CSc1nc2c(Cl)cc(Cl)cc2c(=O)[nH]1. The topological polar surface area (TPSA) is 83.0 Å². The molecule has 0 amide bonds. The monoisotopic (exact) mass is 304 g/mol. The average Bonchev–Trinajstić information content (AvgIpc) is 2.28. The summed E-state index contributed by atoms with van der Waals surface area (Å²) in [5.74, 6) is -1.19. The predicted molar refractivity (Wildman–Crippen MR) is 70.7 cm³/mol. The molecule has 2 N–H and O–H groups in total. The number of carbonyl (C=O) groups is 1. The molecule has 94 valence electrons. The summed E-state index contributed by atoms with van der Waals surface area (Å²) < 4.78 is 0. The Morgan fingerprint density at radius 3 is 2.83 bits per heavy atom. The van der Waals surface area contributed by atoms with E-state index in [1.165, 1.54) is 12.1 Å². The summed E-state index contributed by atoms with van der Waals surface area (Å²) in [6, 6.07) is 2.93. The van der Waals surface area contributed by atoms with Gasteiger partial charge >= 0.3 is 5.97 Å². The van der Waals surface area contributed by atoms with Gasteiger partial charge in [0.05, 0.1) is 21.7 Å². The van der Waals surface area contributed by atoms with E-state index in [0.717, 1.165) is 11.8 Å².